The van der Waals surface area contributed by atoms with Gasteiger partial charge >= 0.3 is 6.36 Å². The van der Waals surface area contributed by atoms with E-state index < -0.39 is 6.36 Å². The maximum Gasteiger partial charge on any atom is 0.573 e. The monoisotopic (exact) mass is 285 g/mol. The highest BCUT2D eigenvalue weighted by molar-refractivity contribution is 5.73. The zero-order valence-electron chi connectivity index (χ0n) is 11.0. The van der Waals surface area contributed by atoms with Crippen LogP contribution in [0.5, 0.6) is 5.75 Å². The Kier molecular flexibility index (Phi) is 3.61. The van der Waals surface area contributed by atoms with E-state index >= 15 is 0 Å². The van der Waals surface area contributed by atoms with E-state index in [0.29, 0.717) is 11.3 Å². The van der Waals surface area contributed by atoms with Crippen LogP contribution in [0.3, 0.4) is 0 Å². The maximum atomic E-state index is 12.4. The van der Waals surface area contributed by atoms with Gasteiger partial charge in [0.15, 0.2) is 0 Å². The molecule has 0 spiro atoms. The lowest BCUT2D eigenvalue weighted by Gasteiger charge is -2.13. The molecular weight excluding hydrogens is 271 g/mol. The average molecular weight is 285 g/mol. The quantitative estimate of drug-likeness (QED) is 0.876. The number of ether oxygens (including phenoxy) is 1. The van der Waals surface area contributed by atoms with Gasteiger partial charge in [0.05, 0.1) is 6.20 Å². The Hall–Kier alpha value is -2.18. The van der Waals surface area contributed by atoms with Crippen LogP contribution in [-0.2, 0) is 0 Å². The molecule has 0 saturated heterocycles. The van der Waals surface area contributed by atoms with E-state index in [1.807, 2.05) is 13.8 Å². The van der Waals surface area contributed by atoms with Gasteiger partial charge in [-0.25, -0.2) is 0 Å². The van der Waals surface area contributed by atoms with Crippen LogP contribution in [-0.4, -0.2) is 16.1 Å². The molecule has 7 heteroatoms. The fraction of sp³-hybridized carbons (Fsp3) is 0.308. The van der Waals surface area contributed by atoms with Crippen molar-refractivity contribution in [3.05, 3.63) is 30.6 Å². The van der Waals surface area contributed by atoms with Gasteiger partial charge in [0.2, 0.25) is 0 Å². The smallest absolute Gasteiger partial charge is 0.405 e. The Bertz CT molecular complexity index is 605. The van der Waals surface area contributed by atoms with Crippen LogP contribution in [0.2, 0.25) is 0 Å². The van der Waals surface area contributed by atoms with Crippen LogP contribution in [0, 0.1) is 0 Å². The molecule has 108 valence electrons. The van der Waals surface area contributed by atoms with Crippen molar-refractivity contribution in [3.63, 3.8) is 0 Å². The molecule has 0 amide bonds. The molecule has 1 heterocycles. The van der Waals surface area contributed by atoms with Gasteiger partial charge in [-0.2, -0.15) is 5.10 Å². The number of nitrogens with two attached hydrogens (primary N) is 1. The van der Waals surface area contributed by atoms with E-state index in [4.69, 9.17) is 5.73 Å². The van der Waals surface area contributed by atoms with Gasteiger partial charge in [0.25, 0.3) is 0 Å². The Balaban J connectivity index is 2.45. The second-order valence-electron chi connectivity index (χ2n) is 4.61. The van der Waals surface area contributed by atoms with Gasteiger partial charge in [-0.1, -0.05) is 0 Å². The lowest BCUT2D eigenvalue weighted by Crippen LogP contribution is -2.17. The number of rotatable bonds is 3. The zero-order chi connectivity index (χ0) is 14.9. The van der Waals surface area contributed by atoms with Crippen LogP contribution in [0.15, 0.2) is 30.6 Å². The molecule has 0 unspecified atom stereocenters. The molecule has 0 fully saturated rings. The lowest BCUT2D eigenvalue weighted by atomic mass is 10.1. The van der Waals surface area contributed by atoms with Crippen molar-refractivity contribution in [1.82, 2.24) is 9.78 Å². The third-order valence-electron chi connectivity index (χ3n) is 2.67. The molecule has 0 aliphatic heterocycles. The molecule has 20 heavy (non-hydrogen) atoms. The summed E-state index contributed by atoms with van der Waals surface area (Å²) in [5.74, 6) is -0.296. The Labute approximate surface area is 114 Å². The average Bonchev–Trinajstić information content (AvgIpc) is 2.79. The van der Waals surface area contributed by atoms with E-state index in [2.05, 4.69) is 9.84 Å². The Morgan fingerprint density at radius 3 is 2.55 bits per heavy atom. The number of anilines is 1. The summed E-state index contributed by atoms with van der Waals surface area (Å²) in [6.45, 7) is 3.84. The van der Waals surface area contributed by atoms with Gasteiger partial charge in [-0.3, -0.25) is 4.68 Å². The summed E-state index contributed by atoms with van der Waals surface area (Å²) in [4.78, 5) is 0. The molecule has 0 atom stereocenters. The van der Waals surface area contributed by atoms with Gasteiger partial charge < -0.3 is 10.5 Å². The SMILES string of the molecule is CC(C)n1cc(-c2cc(N)ccc2OC(F)(F)F)cn1. The molecule has 2 N–H and O–H groups in total. The minimum atomic E-state index is -4.75. The first-order valence-electron chi connectivity index (χ1n) is 5.96. The molecular formula is C13H14F3N3O. The highest BCUT2D eigenvalue weighted by Crippen LogP contribution is 2.35. The van der Waals surface area contributed by atoms with Crippen LogP contribution < -0.4 is 10.5 Å². The van der Waals surface area contributed by atoms with Crippen LogP contribution in [0.4, 0.5) is 18.9 Å². The van der Waals surface area contributed by atoms with Crippen molar-refractivity contribution in [1.29, 1.82) is 0 Å². The molecule has 2 rings (SSSR count). The van der Waals surface area contributed by atoms with Gasteiger partial charge in [-0.15, -0.1) is 13.2 Å². The normalized spacial score (nSPS) is 11.9. The third kappa shape index (κ3) is 3.23. The fourth-order valence-corrected chi connectivity index (χ4v) is 1.75. The molecule has 1 aromatic heterocycles. The van der Waals surface area contributed by atoms with Gasteiger partial charge in [0, 0.05) is 29.1 Å². The van der Waals surface area contributed by atoms with Gasteiger partial charge in [-0.05, 0) is 32.0 Å². The second-order valence-corrected chi connectivity index (χ2v) is 4.61. The molecule has 0 aliphatic rings. The summed E-state index contributed by atoms with van der Waals surface area (Å²) < 4.78 is 42.9. The molecule has 2 aromatic rings. The molecule has 0 aliphatic carbocycles. The first kappa shape index (κ1) is 14.2. The fourth-order valence-electron chi connectivity index (χ4n) is 1.75. The highest BCUT2D eigenvalue weighted by Gasteiger charge is 2.32. The van der Waals surface area contributed by atoms with Crippen molar-refractivity contribution in [2.45, 2.75) is 26.3 Å². The summed E-state index contributed by atoms with van der Waals surface area (Å²) in [5.41, 5.74) is 6.76. The van der Waals surface area contributed by atoms with Crippen molar-refractivity contribution in [2.75, 3.05) is 5.73 Å². The summed E-state index contributed by atoms with van der Waals surface area (Å²) in [6, 6.07) is 4.10. The van der Waals surface area contributed by atoms with Crippen LogP contribution in [0.1, 0.15) is 19.9 Å². The van der Waals surface area contributed by atoms with Crippen LogP contribution >= 0.6 is 0 Å². The summed E-state index contributed by atoms with van der Waals surface area (Å²) in [5, 5.41) is 4.10. The van der Waals surface area contributed by atoms with Crippen molar-refractivity contribution >= 4 is 5.69 Å². The number of hydrogen-bond donors (Lipinski definition) is 1. The Morgan fingerprint density at radius 2 is 2.00 bits per heavy atom. The molecule has 1 aromatic carbocycles. The van der Waals surface area contributed by atoms with E-state index in [1.54, 1.807) is 10.9 Å². The van der Waals surface area contributed by atoms with Crippen molar-refractivity contribution < 1.29 is 17.9 Å². The first-order chi connectivity index (χ1) is 9.26. The predicted molar refractivity (Wildman–Crippen MR) is 69.1 cm³/mol. The molecule has 4 nitrogen and oxygen atoms in total. The first-order valence-corrected chi connectivity index (χ1v) is 5.96. The van der Waals surface area contributed by atoms with E-state index in [0.717, 1.165) is 0 Å². The minimum Gasteiger partial charge on any atom is -0.405 e. The standard InChI is InChI=1S/C13H14F3N3O/c1-8(2)19-7-9(6-18-19)11-5-10(17)3-4-12(11)20-13(14,15)16/h3-8H,17H2,1-2H3. The van der Waals surface area contributed by atoms with E-state index in [9.17, 15) is 13.2 Å². The highest BCUT2D eigenvalue weighted by atomic mass is 19.4. The number of halogens is 3. The number of nitrogens with zero attached hydrogens (tertiary/aromatic N) is 2. The van der Waals surface area contributed by atoms with E-state index in [-0.39, 0.29) is 17.4 Å². The zero-order valence-corrected chi connectivity index (χ0v) is 11.0. The molecule has 0 radical (unpaired) electrons. The predicted octanol–water partition coefficient (Wildman–Crippen LogP) is 3.61. The van der Waals surface area contributed by atoms with Gasteiger partial charge in [0.1, 0.15) is 5.75 Å². The van der Waals surface area contributed by atoms with Crippen molar-refractivity contribution in [3.8, 4) is 16.9 Å². The van der Waals surface area contributed by atoms with E-state index in [1.165, 1.54) is 24.4 Å². The lowest BCUT2D eigenvalue weighted by molar-refractivity contribution is -0.274. The summed E-state index contributed by atoms with van der Waals surface area (Å²) >= 11 is 0. The second kappa shape index (κ2) is 5.07. The van der Waals surface area contributed by atoms with Crippen molar-refractivity contribution in [2.24, 2.45) is 0 Å². The maximum absolute atomic E-state index is 12.4. The number of alkyl halides is 3. The van der Waals surface area contributed by atoms with Crippen LogP contribution in [0.25, 0.3) is 11.1 Å². The largest absolute Gasteiger partial charge is 0.573 e. The number of benzene rings is 1. The molecule has 0 bridgehead atoms. The summed E-state index contributed by atoms with van der Waals surface area (Å²) in [6.07, 6.45) is -1.61. The number of nitrogen functional groups attached to an aromatic ring is 1. The third-order valence-corrected chi connectivity index (χ3v) is 2.67. The summed E-state index contributed by atoms with van der Waals surface area (Å²) in [7, 11) is 0. The number of hydrogen-bond acceptors (Lipinski definition) is 3. The minimum absolute atomic E-state index is 0.108. The topological polar surface area (TPSA) is 53.1 Å². The number of aromatic nitrogens is 2. The Morgan fingerprint density at radius 1 is 1.30 bits per heavy atom. The molecule has 0 saturated carbocycles.